The first-order chi connectivity index (χ1) is 13.0. The zero-order chi connectivity index (χ0) is 19.8. The smallest absolute Gasteiger partial charge is 0.0379 e. The van der Waals surface area contributed by atoms with Crippen LogP contribution in [0.15, 0.2) is 24.3 Å². The summed E-state index contributed by atoms with van der Waals surface area (Å²) >= 11 is 0. The molecule has 0 saturated carbocycles. The zero-order valence-corrected chi connectivity index (χ0v) is 17.8. The summed E-state index contributed by atoms with van der Waals surface area (Å²) in [7, 11) is 0. The van der Waals surface area contributed by atoms with Crippen LogP contribution in [0.1, 0.15) is 86.8 Å². The van der Waals surface area contributed by atoms with Gasteiger partial charge in [-0.1, -0.05) is 64.8 Å². The number of aryl methyl sites for hydroxylation is 4. The molecule has 2 rings (SSSR count). The maximum atomic E-state index is 6.52. The summed E-state index contributed by atoms with van der Waals surface area (Å²) in [6, 6.07) is 9.27. The highest BCUT2D eigenvalue weighted by Crippen LogP contribution is 2.27. The number of nitrogens with two attached hydrogens (primary N) is 2. The first-order valence-corrected chi connectivity index (χ1v) is 10.8. The van der Waals surface area contributed by atoms with E-state index in [-0.39, 0.29) is 0 Å². The summed E-state index contributed by atoms with van der Waals surface area (Å²) < 4.78 is 0. The highest BCUT2D eigenvalue weighted by molar-refractivity contribution is 5.58. The van der Waals surface area contributed by atoms with E-state index >= 15 is 0 Å². The molecular weight excluding hydrogens is 328 g/mol. The van der Waals surface area contributed by atoms with E-state index in [0.717, 1.165) is 43.5 Å². The molecule has 4 N–H and O–H groups in total. The minimum absolute atomic E-state index is 0.957. The Morgan fingerprint density at radius 2 is 0.963 bits per heavy atom. The Labute approximate surface area is 166 Å². The van der Waals surface area contributed by atoms with E-state index in [1.807, 2.05) is 0 Å². The third kappa shape index (κ3) is 5.51. The van der Waals surface area contributed by atoms with Gasteiger partial charge in [0.25, 0.3) is 0 Å². The topological polar surface area (TPSA) is 52.0 Å². The minimum atomic E-state index is 0.957. The molecule has 0 radical (unpaired) electrons. The van der Waals surface area contributed by atoms with Crippen LogP contribution in [0.4, 0.5) is 11.4 Å². The Kier molecular flexibility index (Phi) is 8.22. The van der Waals surface area contributed by atoms with E-state index in [4.69, 9.17) is 11.5 Å². The monoisotopic (exact) mass is 366 g/mol. The lowest BCUT2D eigenvalue weighted by atomic mass is 9.91. The van der Waals surface area contributed by atoms with Crippen molar-refractivity contribution in [1.82, 2.24) is 0 Å². The molecule has 2 nitrogen and oxygen atoms in total. The number of benzene rings is 2. The van der Waals surface area contributed by atoms with Crippen molar-refractivity contribution >= 4 is 11.4 Å². The van der Waals surface area contributed by atoms with Gasteiger partial charge < -0.3 is 11.5 Å². The second-order valence-corrected chi connectivity index (χ2v) is 7.75. The van der Waals surface area contributed by atoms with E-state index in [1.165, 1.54) is 59.1 Å². The van der Waals surface area contributed by atoms with Gasteiger partial charge in [0.05, 0.1) is 0 Å². The number of unbranched alkanes of at least 4 members (excludes halogenated alkanes) is 2. The van der Waals surface area contributed by atoms with Gasteiger partial charge in [0, 0.05) is 11.4 Å². The second-order valence-electron chi connectivity index (χ2n) is 7.75. The van der Waals surface area contributed by atoms with Crippen LogP contribution in [-0.4, -0.2) is 0 Å². The fraction of sp³-hybridized carbons (Fsp3) is 0.520. The van der Waals surface area contributed by atoms with Crippen molar-refractivity contribution in [2.45, 2.75) is 85.5 Å². The van der Waals surface area contributed by atoms with Gasteiger partial charge in [-0.2, -0.15) is 0 Å². The van der Waals surface area contributed by atoms with Gasteiger partial charge in [-0.3, -0.25) is 0 Å². The van der Waals surface area contributed by atoms with Crippen LogP contribution in [0, 0.1) is 0 Å². The first-order valence-electron chi connectivity index (χ1n) is 10.8. The van der Waals surface area contributed by atoms with Crippen molar-refractivity contribution in [2.75, 3.05) is 11.5 Å². The van der Waals surface area contributed by atoms with E-state index in [2.05, 4.69) is 52.0 Å². The van der Waals surface area contributed by atoms with Gasteiger partial charge in [0.2, 0.25) is 0 Å². The molecule has 0 aliphatic carbocycles. The van der Waals surface area contributed by atoms with Crippen LogP contribution < -0.4 is 11.5 Å². The number of anilines is 2. The molecule has 148 valence electrons. The molecule has 0 atom stereocenters. The average molecular weight is 367 g/mol. The quantitative estimate of drug-likeness (QED) is 0.488. The van der Waals surface area contributed by atoms with Crippen molar-refractivity contribution in [3.05, 3.63) is 57.6 Å². The highest BCUT2D eigenvalue weighted by Gasteiger charge is 2.11. The largest absolute Gasteiger partial charge is 0.398 e. The van der Waals surface area contributed by atoms with E-state index < -0.39 is 0 Å². The maximum absolute atomic E-state index is 6.52. The first kappa shape index (κ1) is 21.3. The molecule has 0 aliphatic heterocycles. The van der Waals surface area contributed by atoms with Crippen LogP contribution in [-0.2, 0) is 32.1 Å². The molecule has 2 aromatic rings. The SMILES string of the molecule is CCCCc1cc(Cc2cc(CC)c(N)c(CC)c2)cc(CCCC)c1N. The predicted octanol–water partition coefficient (Wildman–Crippen LogP) is 6.25. The van der Waals surface area contributed by atoms with Crippen LogP contribution in [0.3, 0.4) is 0 Å². The van der Waals surface area contributed by atoms with Crippen molar-refractivity contribution in [3.63, 3.8) is 0 Å². The average Bonchev–Trinajstić information content (AvgIpc) is 2.68. The maximum Gasteiger partial charge on any atom is 0.0379 e. The molecule has 2 heteroatoms. The van der Waals surface area contributed by atoms with Crippen molar-refractivity contribution < 1.29 is 0 Å². The molecule has 0 amide bonds. The molecule has 0 spiro atoms. The number of hydrogen-bond donors (Lipinski definition) is 2. The Morgan fingerprint density at radius 3 is 1.33 bits per heavy atom. The second kappa shape index (κ2) is 10.4. The van der Waals surface area contributed by atoms with E-state index in [9.17, 15) is 0 Å². The van der Waals surface area contributed by atoms with Crippen LogP contribution in [0.25, 0.3) is 0 Å². The Balaban J connectivity index is 2.39. The summed E-state index contributed by atoms with van der Waals surface area (Å²) in [5.41, 5.74) is 22.8. The summed E-state index contributed by atoms with van der Waals surface area (Å²) in [6.45, 7) is 8.85. The Morgan fingerprint density at radius 1 is 0.593 bits per heavy atom. The summed E-state index contributed by atoms with van der Waals surface area (Å²) in [6.07, 6.45) is 9.88. The van der Waals surface area contributed by atoms with Gasteiger partial charge in [-0.05, 0) is 78.3 Å². The number of rotatable bonds is 10. The standard InChI is InChI=1S/C25H38N2/c1-5-9-11-22-16-19(17-23(25(22)27)12-10-6-2)13-18-14-20(7-3)24(26)21(8-4)15-18/h14-17H,5-13,26-27H2,1-4H3. The van der Waals surface area contributed by atoms with Crippen molar-refractivity contribution in [2.24, 2.45) is 0 Å². The van der Waals surface area contributed by atoms with Crippen LogP contribution in [0.2, 0.25) is 0 Å². The molecule has 27 heavy (non-hydrogen) atoms. The van der Waals surface area contributed by atoms with Crippen molar-refractivity contribution in [1.29, 1.82) is 0 Å². The number of hydrogen-bond acceptors (Lipinski definition) is 2. The molecule has 0 aromatic heterocycles. The predicted molar refractivity (Wildman–Crippen MR) is 120 cm³/mol. The van der Waals surface area contributed by atoms with Crippen molar-refractivity contribution in [3.8, 4) is 0 Å². The van der Waals surface area contributed by atoms with Crippen LogP contribution in [0.5, 0.6) is 0 Å². The lowest BCUT2D eigenvalue weighted by Crippen LogP contribution is -2.05. The lowest BCUT2D eigenvalue weighted by molar-refractivity contribution is 0.781. The number of nitrogen functional groups attached to an aromatic ring is 2. The Bertz CT molecular complexity index is 692. The minimum Gasteiger partial charge on any atom is -0.398 e. The lowest BCUT2D eigenvalue weighted by Gasteiger charge is -2.16. The molecule has 0 heterocycles. The fourth-order valence-corrected chi connectivity index (χ4v) is 3.87. The summed E-state index contributed by atoms with van der Waals surface area (Å²) in [5, 5.41) is 0. The van der Waals surface area contributed by atoms with Crippen LogP contribution >= 0.6 is 0 Å². The van der Waals surface area contributed by atoms with E-state index in [0.29, 0.717) is 0 Å². The fourth-order valence-electron chi connectivity index (χ4n) is 3.87. The molecular formula is C25H38N2. The van der Waals surface area contributed by atoms with Gasteiger partial charge >= 0.3 is 0 Å². The molecule has 0 fully saturated rings. The van der Waals surface area contributed by atoms with E-state index in [1.54, 1.807) is 0 Å². The molecule has 2 aromatic carbocycles. The summed E-state index contributed by atoms with van der Waals surface area (Å²) in [5.74, 6) is 0. The molecule has 0 saturated heterocycles. The third-order valence-electron chi connectivity index (χ3n) is 5.59. The van der Waals surface area contributed by atoms with Gasteiger partial charge in [-0.15, -0.1) is 0 Å². The highest BCUT2D eigenvalue weighted by atomic mass is 14.6. The Hall–Kier alpha value is -1.96. The third-order valence-corrected chi connectivity index (χ3v) is 5.59. The zero-order valence-electron chi connectivity index (χ0n) is 17.8. The molecule has 0 aliphatic rings. The van der Waals surface area contributed by atoms with Gasteiger partial charge in [0.15, 0.2) is 0 Å². The normalized spacial score (nSPS) is 11.1. The molecule has 0 unspecified atom stereocenters. The molecule has 0 bridgehead atoms. The summed E-state index contributed by atoms with van der Waals surface area (Å²) in [4.78, 5) is 0. The van der Waals surface area contributed by atoms with Gasteiger partial charge in [-0.25, -0.2) is 0 Å². The van der Waals surface area contributed by atoms with Gasteiger partial charge in [0.1, 0.15) is 0 Å².